The summed E-state index contributed by atoms with van der Waals surface area (Å²) in [6, 6.07) is 18.3. The van der Waals surface area contributed by atoms with Crippen LogP contribution in [-0.4, -0.2) is 23.9 Å². The highest BCUT2D eigenvalue weighted by atomic mass is 32.2. The van der Waals surface area contributed by atoms with Crippen LogP contribution >= 0.6 is 0 Å². The second-order valence-electron chi connectivity index (χ2n) is 7.40. The highest BCUT2D eigenvalue weighted by molar-refractivity contribution is 7.92. The molecule has 4 rings (SSSR count). The number of nitrogens with one attached hydrogen (secondary N) is 2. The molecule has 33 heavy (non-hydrogen) atoms. The second kappa shape index (κ2) is 8.87. The quantitative estimate of drug-likeness (QED) is 0.433. The number of carbonyl (C=O) groups excluding carboxylic acids is 1. The molecule has 9 heteroatoms. The van der Waals surface area contributed by atoms with Crippen molar-refractivity contribution in [1.82, 2.24) is 9.55 Å². The minimum Gasteiger partial charge on any atom is -0.322 e. The minimum atomic E-state index is -3.91. The van der Waals surface area contributed by atoms with E-state index in [9.17, 15) is 17.6 Å². The van der Waals surface area contributed by atoms with Crippen molar-refractivity contribution in [3.63, 3.8) is 0 Å². The third-order valence-electron chi connectivity index (χ3n) is 5.05. The first-order valence-electron chi connectivity index (χ1n) is 10.0. The Morgan fingerprint density at radius 1 is 0.939 bits per heavy atom. The van der Waals surface area contributed by atoms with Gasteiger partial charge in [0, 0.05) is 23.3 Å². The van der Waals surface area contributed by atoms with Crippen LogP contribution in [0.4, 0.5) is 15.8 Å². The molecule has 2 aromatic carbocycles. The Morgan fingerprint density at radius 3 is 2.36 bits per heavy atom. The summed E-state index contributed by atoms with van der Waals surface area (Å²) in [6.45, 7) is 3.73. The molecule has 0 unspecified atom stereocenters. The van der Waals surface area contributed by atoms with E-state index in [4.69, 9.17) is 0 Å². The Balaban J connectivity index is 1.51. The minimum absolute atomic E-state index is 0.0157. The Bertz CT molecular complexity index is 1420. The molecule has 0 saturated heterocycles. The Kier molecular flexibility index (Phi) is 5.97. The summed E-state index contributed by atoms with van der Waals surface area (Å²) in [5.41, 5.74) is 2.65. The van der Waals surface area contributed by atoms with Crippen LogP contribution < -0.4 is 10.0 Å². The van der Waals surface area contributed by atoms with Crippen LogP contribution in [0, 0.1) is 19.7 Å². The molecule has 1 amide bonds. The normalized spacial score (nSPS) is 11.2. The number of pyridine rings is 1. The third-order valence-corrected chi connectivity index (χ3v) is 6.45. The summed E-state index contributed by atoms with van der Waals surface area (Å²) in [4.78, 5) is 17.2. The van der Waals surface area contributed by atoms with Gasteiger partial charge in [0.1, 0.15) is 11.6 Å². The van der Waals surface area contributed by atoms with E-state index >= 15 is 0 Å². The van der Waals surface area contributed by atoms with Crippen LogP contribution in [0.15, 0.2) is 83.9 Å². The molecular weight excluding hydrogens is 443 g/mol. The topological polar surface area (TPSA) is 93.1 Å². The van der Waals surface area contributed by atoms with Crippen LogP contribution in [0.25, 0.3) is 5.82 Å². The van der Waals surface area contributed by atoms with Crippen LogP contribution in [0.5, 0.6) is 0 Å². The lowest BCUT2D eigenvalue weighted by Crippen LogP contribution is -2.15. The maximum atomic E-state index is 13.3. The van der Waals surface area contributed by atoms with Crippen molar-refractivity contribution < 1.29 is 17.6 Å². The molecule has 2 aromatic heterocycles. The first-order valence-corrected chi connectivity index (χ1v) is 11.5. The average molecular weight is 465 g/mol. The average Bonchev–Trinajstić information content (AvgIpc) is 3.08. The molecule has 168 valence electrons. The number of sulfonamides is 1. The molecule has 0 atom stereocenters. The summed E-state index contributed by atoms with van der Waals surface area (Å²) in [5, 5.41) is 2.79. The monoisotopic (exact) mass is 464 g/mol. The van der Waals surface area contributed by atoms with Gasteiger partial charge in [-0.3, -0.25) is 9.52 Å². The zero-order chi connectivity index (χ0) is 23.6. The summed E-state index contributed by atoms with van der Waals surface area (Å²) < 4.78 is 42.7. The molecule has 0 fully saturated rings. The Hall–Kier alpha value is -3.98. The van der Waals surface area contributed by atoms with E-state index in [1.54, 1.807) is 12.3 Å². The number of carbonyl (C=O) groups is 1. The van der Waals surface area contributed by atoms with Crippen molar-refractivity contribution in [2.45, 2.75) is 18.7 Å². The number of halogens is 1. The van der Waals surface area contributed by atoms with Crippen molar-refractivity contribution in [1.29, 1.82) is 0 Å². The van der Waals surface area contributed by atoms with Gasteiger partial charge in [-0.15, -0.1) is 0 Å². The molecule has 0 aliphatic heterocycles. The number of anilines is 2. The Morgan fingerprint density at radius 2 is 1.70 bits per heavy atom. The summed E-state index contributed by atoms with van der Waals surface area (Å²) in [6.07, 6.45) is 1.69. The van der Waals surface area contributed by atoms with E-state index in [0.717, 1.165) is 17.5 Å². The van der Waals surface area contributed by atoms with Gasteiger partial charge in [-0.2, -0.15) is 0 Å². The number of aromatic nitrogens is 2. The van der Waals surface area contributed by atoms with Gasteiger partial charge in [-0.1, -0.05) is 12.1 Å². The summed E-state index contributed by atoms with van der Waals surface area (Å²) in [5.74, 6) is -0.152. The maximum absolute atomic E-state index is 13.3. The largest absolute Gasteiger partial charge is 0.322 e. The van der Waals surface area contributed by atoms with Gasteiger partial charge in [0.2, 0.25) is 0 Å². The highest BCUT2D eigenvalue weighted by Gasteiger charge is 2.18. The lowest BCUT2D eigenvalue weighted by molar-refractivity contribution is 0.102. The van der Waals surface area contributed by atoms with Gasteiger partial charge >= 0.3 is 0 Å². The summed E-state index contributed by atoms with van der Waals surface area (Å²) >= 11 is 0. The van der Waals surface area contributed by atoms with Gasteiger partial charge in [0.15, 0.2) is 0 Å². The van der Waals surface area contributed by atoms with Crippen molar-refractivity contribution in [2.75, 3.05) is 10.0 Å². The van der Waals surface area contributed by atoms with Gasteiger partial charge in [-0.25, -0.2) is 17.8 Å². The number of nitrogens with zero attached hydrogens (tertiary/aromatic N) is 2. The predicted molar refractivity (Wildman–Crippen MR) is 125 cm³/mol. The van der Waals surface area contributed by atoms with E-state index in [0.29, 0.717) is 17.1 Å². The molecular formula is C24H21FN4O3S. The van der Waals surface area contributed by atoms with E-state index in [-0.39, 0.29) is 16.5 Å². The highest BCUT2D eigenvalue weighted by Crippen LogP contribution is 2.22. The zero-order valence-corrected chi connectivity index (χ0v) is 18.7. The zero-order valence-electron chi connectivity index (χ0n) is 17.9. The van der Waals surface area contributed by atoms with E-state index < -0.39 is 15.8 Å². The number of hydrogen-bond donors (Lipinski definition) is 2. The van der Waals surface area contributed by atoms with Crippen LogP contribution in [-0.2, 0) is 10.0 Å². The fourth-order valence-electron chi connectivity index (χ4n) is 3.51. The number of benzene rings is 2. The lowest BCUT2D eigenvalue weighted by Gasteiger charge is -2.10. The fraction of sp³-hybridized carbons (Fsp3) is 0.0833. The molecule has 0 spiro atoms. The van der Waals surface area contributed by atoms with Crippen LogP contribution in [0.1, 0.15) is 21.7 Å². The van der Waals surface area contributed by atoms with Crippen molar-refractivity contribution in [3.05, 3.63) is 102 Å². The van der Waals surface area contributed by atoms with Crippen molar-refractivity contribution >= 4 is 27.3 Å². The van der Waals surface area contributed by atoms with E-state index in [1.165, 1.54) is 42.5 Å². The number of rotatable bonds is 6. The van der Waals surface area contributed by atoms with Gasteiger partial charge in [0.25, 0.3) is 15.9 Å². The smallest absolute Gasteiger partial charge is 0.261 e. The van der Waals surface area contributed by atoms with Crippen molar-refractivity contribution in [2.24, 2.45) is 0 Å². The maximum Gasteiger partial charge on any atom is 0.261 e. The first-order chi connectivity index (χ1) is 15.7. The molecule has 0 bridgehead atoms. The fourth-order valence-corrected chi connectivity index (χ4v) is 4.56. The van der Waals surface area contributed by atoms with Crippen molar-refractivity contribution in [3.8, 4) is 5.82 Å². The Labute approximate surface area is 191 Å². The molecule has 2 heterocycles. The summed E-state index contributed by atoms with van der Waals surface area (Å²) in [7, 11) is -3.91. The second-order valence-corrected chi connectivity index (χ2v) is 9.08. The van der Waals surface area contributed by atoms with Gasteiger partial charge in [-0.05, 0) is 74.5 Å². The molecule has 7 nitrogen and oxygen atoms in total. The lowest BCUT2D eigenvalue weighted by atomic mass is 10.2. The van der Waals surface area contributed by atoms with Gasteiger partial charge < -0.3 is 9.88 Å². The van der Waals surface area contributed by atoms with E-state index in [2.05, 4.69) is 15.0 Å². The molecule has 2 N–H and O–H groups in total. The first kappa shape index (κ1) is 22.2. The van der Waals surface area contributed by atoms with Crippen LogP contribution in [0.3, 0.4) is 0 Å². The number of aryl methyl sites for hydroxylation is 1. The predicted octanol–water partition coefficient (Wildman–Crippen LogP) is 4.68. The van der Waals surface area contributed by atoms with E-state index in [1.807, 2.05) is 36.6 Å². The molecule has 0 saturated carbocycles. The standard InChI is InChI=1S/C24H21FN4O3S/c1-16-14-22(17(2)29(16)23-8-3-4-13-26-23)24(30)27-19-9-11-21(12-10-19)33(31,32)28-20-7-5-6-18(25)15-20/h3-15,28H,1-2H3,(H,27,30). The molecule has 4 aromatic rings. The number of amides is 1. The molecule has 0 aliphatic rings. The molecule has 0 aliphatic carbocycles. The molecule has 0 radical (unpaired) electrons. The SMILES string of the molecule is Cc1cc(C(=O)Nc2ccc(S(=O)(=O)Nc3cccc(F)c3)cc2)c(C)n1-c1ccccn1. The third kappa shape index (κ3) is 4.78. The van der Waals surface area contributed by atoms with Gasteiger partial charge in [0.05, 0.1) is 16.1 Å². The van der Waals surface area contributed by atoms with Crippen LogP contribution in [0.2, 0.25) is 0 Å². The number of hydrogen-bond acceptors (Lipinski definition) is 4.